The van der Waals surface area contributed by atoms with Gasteiger partial charge in [0.05, 0.1) is 12.6 Å². The molecule has 1 aromatic rings. The van der Waals surface area contributed by atoms with Gasteiger partial charge in [0.1, 0.15) is 5.82 Å². The topological polar surface area (TPSA) is 112 Å². The first-order valence-corrected chi connectivity index (χ1v) is 6.69. The highest BCUT2D eigenvalue weighted by molar-refractivity contribution is 6.01. The number of nitrogens with one attached hydrogen (secondary N) is 1. The number of aromatic nitrogens is 3. The molecule has 8 heteroatoms. The summed E-state index contributed by atoms with van der Waals surface area (Å²) in [7, 11) is 0. The van der Waals surface area contributed by atoms with Crippen molar-refractivity contribution in [2.45, 2.75) is 45.3 Å². The molecule has 0 aliphatic carbocycles. The molecule has 20 heavy (non-hydrogen) atoms. The Labute approximate surface area is 116 Å². The van der Waals surface area contributed by atoms with E-state index in [1.807, 2.05) is 4.57 Å². The average Bonchev–Trinajstić information content (AvgIpc) is 2.99. The maximum absolute atomic E-state index is 11.9. The molecule has 3 N–H and O–H groups in total. The molecule has 1 aliphatic heterocycles. The molecule has 110 valence electrons. The highest BCUT2D eigenvalue weighted by Gasteiger charge is 2.27. The Morgan fingerprint density at radius 3 is 2.95 bits per heavy atom. The van der Waals surface area contributed by atoms with Crippen LogP contribution < -0.4 is 11.1 Å². The number of aryl methyl sites for hydroxylation is 1. The Bertz CT molecular complexity index is 513. The lowest BCUT2D eigenvalue weighted by Gasteiger charge is -2.16. The zero-order chi connectivity index (χ0) is 14.7. The number of hydrogen-bond acceptors (Lipinski definition) is 6. The predicted molar refractivity (Wildman–Crippen MR) is 69.5 cm³/mol. The van der Waals surface area contributed by atoms with Crippen LogP contribution in [0.2, 0.25) is 0 Å². The first kappa shape index (κ1) is 14.4. The molecular weight excluding hydrogens is 262 g/mol. The molecule has 0 bridgehead atoms. The lowest BCUT2D eigenvalue weighted by atomic mass is 10.2. The number of esters is 1. The van der Waals surface area contributed by atoms with E-state index in [9.17, 15) is 9.59 Å². The van der Waals surface area contributed by atoms with E-state index in [1.165, 1.54) is 0 Å². The fourth-order valence-electron chi connectivity index (χ4n) is 2.20. The maximum Gasteiger partial charge on any atom is 0.332 e. The van der Waals surface area contributed by atoms with Crippen LogP contribution in [0.25, 0.3) is 0 Å². The normalized spacial score (nSPS) is 16.4. The van der Waals surface area contributed by atoms with E-state index in [1.54, 1.807) is 13.8 Å². The third-order valence-electron chi connectivity index (χ3n) is 3.21. The minimum absolute atomic E-state index is 0.188. The van der Waals surface area contributed by atoms with Crippen molar-refractivity contribution >= 4 is 11.9 Å². The standard InChI is InChI=1S/C12H19N5O3/c1-3-20-12(19)9(13)11(18)14-7(2)10-16-15-8-5-4-6-17(8)10/h7,9H,3-6,13H2,1-2H3,(H,14,18). The average molecular weight is 281 g/mol. The minimum Gasteiger partial charge on any atom is -0.464 e. The smallest absolute Gasteiger partial charge is 0.332 e. The molecular formula is C12H19N5O3. The molecule has 0 fully saturated rings. The third kappa shape index (κ3) is 2.79. The van der Waals surface area contributed by atoms with Gasteiger partial charge in [-0.05, 0) is 20.3 Å². The molecule has 1 aromatic heterocycles. The van der Waals surface area contributed by atoms with Gasteiger partial charge in [-0.2, -0.15) is 0 Å². The molecule has 0 spiro atoms. The first-order chi connectivity index (χ1) is 9.54. The molecule has 2 atom stereocenters. The lowest BCUT2D eigenvalue weighted by Crippen LogP contribution is -2.47. The molecule has 0 saturated heterocycles. The maximum atomic E-state index is 11.9. The van der Waals surface area contributed by atoms with E-state index in [0.29, 0.717) is 5.82 Å². The van der Waals surface area contributed by atoms with E-state index in [0.717, 1.165) is 25.2 Å². The van der Waals surface area contributed by atoms with E-state index >= 15 is 0 Å². The number of carbonyl (C=O) groups is 2. The molecule has 8 nitrogen and oxygen atoms in total. The molecule has 1 aliphatic rings. The van der Waals surface area contributed by atoms with E-state index < -0.39 is 17.9 Å². The second-order valence-electron chi connectivity index (χ2n) is 4.69. The van der Waals surface area contributed by atoms with Gasteiger partial charge in [0.2, 0.25) is 5.91 Å². The van der Waals surface area contributed by atoms with Crippen molar-refractivity contribution in [1.29, 1.82) is 0 Å². The summed E-state index contributed by atoms with van der Waals surface area (Å²) in [6.07, 6.45) is 1.93. The second kappa shape index (κ2) is 6.00. The summed E-state index contributed by atoms with van der Waals surface area (Å²) in [6.45, 7) is 4.48. The quantitative estimate of drug-likeness (QED) is 0.545. The van der Waals surface area contributed by atoms with Crippen molar-refractivity contribution < 1.29 is 14.3 Å². The van der Waals surface area contributed by atoms with Crippen LogP contribution in [0.3, 0.4) is 0 Å². The second-order valence-corrected chi connectivity index (χ2v) is 4.69. The summed E-state index contributed by atoms with van der Waals surface area (Å²) >= 11 is 0. The van der Waals surface area contributed by atoms with E-state index in [4.69, 9.17) is 10.5 Å². The Balaban J connectivity index is 1.98. The highest BCUT2D eigenvalue weighted by atomic mass is 16.5. The summed E-state index contributed by atoms with van der Waals surface area (Å²) in [6, 6.07) is -1.68. The largest absolute Gasteiger partial charge is 0.464 e. The van der Waals surface area contributed by atoms with Gasteiger partial charge in [-0.25, -0.2) is 4.79 Å². The zero-order valence-electron chi connectivity index (χ0n) is 11.6. The fraction of sp³-hybridized carbons (Fsp3) is 0.667. The first-order valence-electron chi connectivity index (χ1n) is 6.69. The summed E-state index contributed by atoms with van der Waals surface area (Å²) in [5.74, 6) is 0.299. The number of nitrogens with zero attached hydrogens (tertiary/aromatic N) is 3. The fourth-order valence-corrected chi connectivity index (χ4v) is 2.20. The van der Waals surface area contributed by atoms with E-state index in [-0.39, 0.29) is 12.6 Å². The SMILES string of the molecule is CCOC(=O)C(N)C(=O)NC(C)c1nnc2n1CCC2. The summed E-state index contributed by atoms with van der Waals surface area (Å²) in [5, 5.41) is 10.8. The van der Waals surface area contributed by atoms with Crippen molar-refractivity contribution in [3.63, 3.8) is 0 Å². The number of rotatable bonds is 5. The number of carbonyl (C=O) groups excluding carboxylic acids is 2. The molecule has 2 heterocycles. The van der Waals surface area contributed by atoms with Crippen LogP contribution in [0.1, 0.15) is 38.0 Å². The van der Waals surface area contributed by atoms with Gasteiger partial charge in [0.25, 0.3) is 0 Å². The Hall–Kier alpha value is -1.96. The number of ether oxygens (including phenoxy) is 1. The van der Waals surface area contributed by atoms with Crippen LogP contribution in [0, 0.1) is 0 Å². The minimum atomic E-state index is -1.32. The van der Waals surface area contributed by atoms with Crippen LogP contribution in [-0.2, 0) is 27.3 Å². The number of nitrogens with two attached hydrogens (primary N) is 1. The Kier molecular flexibility index (Phi) is 4.33. The predicted octanol–water partition coefficient (Wildman–Crippen LogP) is -0.708. The van der Waals surface area contributed by atoms with Crippen LogP contribution in [-0.4, -0.2) is 39.3 Å². The summed E-state index contributed by atoms with van der Waals surface area (Å²) in [4.78, 5) is 23.3. The van der Waals surface area contributed by atoms with Gasteiger partial charge in [-0.3, -0.25) is 4.79 Å². The molecule has 1 amide bonds. The Morgan fingerprint density at radius 1 is 1.50 bits per heavy atom. The third-order valence-corrected chi connectivity index (χ3v) is 3.21. The number of hydrogen-bond donors (Lipinski definition) is 2. The van der Waals surface area contributed by atoms with Crippen molar-refractivity contribution in [2.75, 3.05) is 6.61 Å². The number of fused-ring (bicyclic) bond motifs is 1. The molecule has 0 saturated carbocycles. The lowest BCUT2D eigenvalue weighted by molar-refractivity contribution is -0.148. The van der Waals surface area contributed by atoms with Gasteiger partial charge in [-0.15, -0.1) is 10.2 Å². The van der Waals surface area contributed by atoms with Crippen LogP contribution >= 0.6 is 0 Å². The van der Waals surface area contributed by atoms with Gasteiger partial charge in [0.15, 0.2) is 11.9 Å². The molecule has 2 rings (SSSR count). The zero-order valence-corrected chi connectivity index (χ0v) is 11.6. The van der Waals surface area contributed by atoms with Crippen molar-refractivity contribution in [3.05, 3.63) is 11.6 Å². The van der Waals surface area contributed by atoms with Crippen LogP contribution in [0.5, 0.6) is 0 Å². The van der Waals surface area contributed by atoms with Crippen molar-refractivity contribution in [3.8, 4) is 0 Å². The van der Waals surface area contributed by atoms with Gasteiger partial charge >= 0.3 is 5.97 Å². The van der Waals surface area contributed by atoms with E-state index in [2.05, 4.69) is 15.5 Å². The summed E-state index contributed by atoms with van der Waals surface area (Å²) in [5.41, 5.74) is 5.53. The van der Waals surface area contributed by atoms with Crippen LogP contribution in [0.15, 0.2) is 0 Å². The highest BCUT2D eigenvalue weighted by Crippen LogP contribution is 2.18. The number of amides is 1. The van der Waals surface area contributed by atoms with Gasteiger partial charge < -0.3 is 20.4 Å². The summed E-state index contributed by atoms with van der Waals surface area (Å²) < 4.78 is 6.70. The molecule has 0 radical (unpaired) electrons. The van der Waals surface area contributed by atoms with Gasteiger partial charge in [0, 0.05) is 13.0 Å². The Morgan fingerprint density at radius 2 is 2.25 bits per heavy atom. The van der Waals surface area contributed by atoms with Crippen molar-refractivity contribution in [2.24, 2.45) is 5.73 Å². The molecule has 2 unspecified atom stereocenters. The molecule has 0 aromatic carbocycles. The van der Waals surface area contributed by atoms with Crippen LogP contribution in [0.4, 0.5) is 0 Å². The van der Waals surface area contributed by atoms with Crippen molar-refractivity contribution in [1.82, 2.24) is 20.1 Å². The van der Waals surface area contributed by atoms with Gasteiger partial charge in [-0.1, -0.05) is 0 Å². The monoisotopic (exact) mass is 281 g/mol.